The Labute approximate surface area is 94.4 Å². The van der Waals surface area contributed by atoms with Crippen molar-refractivity contribution in [2.75, 3.05) is 5.88 Å². The van der Waals surface area contributed by atoms with Crippen molar-refractivity contribution >= 4 is 28.4 Å². The summed E-state index contributed by atoms with van der Waals surface area (Å²) in [6.07, 6.45) is 6.81. The maximum Gasteiger partial charge on any atom is 0.0704 e. The number of rotatable bonds is 3. The van der Waals surface area contributed by atoms with Gasteiger partial charge in [-0.3, -0.25) is 4.98 Å². The van der Waals surface area contributed by atoms with Crippen LogP contribution in [-0.4, -0.2) is 10.9 Å². The number of nitrogens with zero attached hydrogens (tertiary/aromatic N) is 1. The first-order valence-electron chi connectivity index (χ1n) is 4.98. The van der Waals surface area contributed by atoms with Crippen molar-refractivity contribution < 1.29 is 0 Å². The van der Waals surface area contributed by atoms with Gasteiger partial charge in [0.1, 0.15) is 0 Å². The summed E-state index contributed by atoms with van der Waals surface area (Å²) in [6, 6.07) is 10.3. The second kappa shape index (κ2) is 4.94. The van der Waals surface area contributed by atoms with Crippen LogP contribution in [0, 0.1) is 0 Å². The van der Waals surface area contributed by atoms with E-state index in [-0.39, 0.29) is 0 Å². The van der Waals surface area contributed by atoms with Gasteiger partial charge >= 0.3 is 0 Å². The fourth-order valence-electron chi connectivity index (χ4n) is 1.53. The first-order valence-corrected chi connectivity index (χ1v) is 5.51. The summed E-state index contributed by atoms with van der Waals surface area (Å²) in [5.41, 5.74) is 1.01. The van der Waals surface area contributed by atoms with Crippen LogP contribution in [0.1, 0.15) is 12.1 Å². The molecule has 1 nitrogen and oxygen atoms in total. The van der Waals surface area contributed by atoms with E-state index in [1.54, 1.807) is 0 Å². The summed E-state index contributed by atoms with van der Waals surface area (Å²) < 4.78 is 0. The number of halogens is 1. The van der Waals surface area contributed by atoms with Crippen molar-refractivity contribution in [1.29, 1.82) is 0 Å². The minimum Gasteiger partial charge on any atom is -0.256 e. The van der Waals surface area contributed by atoms with Crippen molar-refractivity contribution in [1.82, 2.24) is 4.98 Å². The molecule has 0 N–H and O–H groups in total. The van der Waals surface area contributed by atoms with Gasteiger partial charge in [-0.05, 0) is 23.9 Å². The van der Waals surface area contributed by atoms with Crippen LogP contribution in [0.3, 0.4) is 0 Å². The highest BCUT2D eigenvalue weighted by Gasteiger charge is 1.96. The quantitative estimate of drug-likeness (QED) is 0.712. The number of aromatic nitrogens is 1. The van der Waals surface area contributed by atoms with Gasteiger partial charge in [0, 0.05) is 17.5 Å². The minimum atomic E-state index is 0.654. The third kappa shape index (κ3) is 2.37. The number of benzene rings is 1. The molecule has 2 heteroatoms. The number of alkyl halides is 1. The number of pyridine rings is 1. The second-order valence-electron chi connectivity index (χ2n) is 3.30. The lowest BCUT2D eigenvalue weighted by Gasteiger charge is -2.00. The van der Waals surface area contributed by atoms with Gasteiger partial charge in [-0.1, -0.05) is 30.3 Å². The molecular weight excluding hydrogens is 206 g/mol. The summed E-state index contributed by atoms with van der Waals surface area (Å²) >= 11 is 5.61. The predicted octanol–water partition coefficient (Wildman–Crippen LogP) is 3.88. The van der Waals surface area contributed by atoms with Crippen LogP contribution in [0.2, 0.25) is 0 Å². The van der Waals surface area contributed by atoms with Crippen LogP contribution in [0.5, 0.6) is 0 Å². The number of fused-ring (bicyclic) bond motifs is 1. The lowest BCUT2D eigenvalue weighted by Crippen LogP contribution is -1.82. The second-order valence-corrected chi connectivity index (χ2v) is 3.68. The molecule has 15 heavy (non-hydrogen) atoms. The molecular formula is C13H12ClN. The average Bonchev–Trinajstić information content (AvgIpc) is 2.30. The van der Waals surface area contributed by atoms with Crippen LogP contribution in [0.25, 0.3) is 16.8 Å². The average molecular weight is 218 g/mol. The Morgan fingerprint density at radius 2 is 2.07 bits per heavy atom. The van der Waals surface area contributed by atoms with E-state index < -0.39 is 0 Å². The topological polar surface area (TPSA) is 12.9 Å². The van der Waals surface area contributed by atoms with E-state index in [1.807, 2.05) is 30.5 Å². The largest absolute Gasteiger partial charge is 0.256 e. The van der Waals surface area contributed by atoms with E-state index in [0.717, 1.165) is 12.1 Å². The van der Waals surface area contributed by atoms with Gasteiger partial charge in [0.15, 0.2) is 0 Å². The Morgan fingerprint density at radius 1 is 1.20 bits per heavy atom. The van der Waals surface area contributed by atoms with E-state index in [9.17, 15) is 0 Å². The third-order valence-electron chi connectivity index (χ3n) is 2.26. The maximum atomic E-state index is 5.61. The van der Waals surface area contributed by atoms with Crippen LogP contribution in [-0.2, 0) is 0 Å². The van der Waals surface area contributed by atoms with E-state index in [4.69, 9.17) is 11.6 Å². The van der Waals surface area contributed by atoms with Crippen molar-refractivity contribution in [3.63, 3.8) is 0 Å². The molecule has 0 spiro atoms. The molecule has 2 aromatic rings. The van der Waals surface area contributed by atoms with E-state index >= 15 is 0 Å². The molecule has 0 atom stereocenters. The molecule has 0 saturated heterocycles. The fraction of sp³-hybridized carbons (Fsp3) is 0.154. The maximum absolute atomic E-state index is 5.61. The zero-order chi connectivity index (χ0) is 10.5. The van der Waals surface area contributed by atoms with E-state index in [2.05, 4.69) is 23.2 Å². The summed E-state index contributed by atoms with van der Waals surface area (Å²) in [5.74, 6) is 0.654. The molecule has 0 aliphatic heterocycles. The Kier molecular flexibility index (Phi) is 3.36. The lowest BCUT2D eigenvalue weighted by atomic mass is 10.1. The number of hydrogen-bond acceptors (Lipinski definition) is 1. The lowest BCUT2D eigenvalue weighted by molar-refractivity contribution is 1.24. The highest BCUT2D eigenvalue weighted by Crippen LogP contribution is 2.17. The SMILES string of the molecule is ClCCC=Cc1nccc2ccccc12. The molecule has 1 aromatic carbocycles. The number of allylic oxidation sites excluding steroid dienone is 1. The molecule has 1 aromatic heterocycles. The molecule has 0 aliphatic rings. The molecule has 76 valence electrons. The van der Waals surface area contributed by atoms with Gasteiger partial charge in [0.05, 0.1) is 5.69 Å². The Hall–Kier alpha value is -1.34. The highest BCUT2D eigenvalue weighted by molar-refractivity contribution is 6.17. The Morgan fingerprint density at radius 3 is 2.93 bits per heavy atom. The molecule has 2 rings (SSSR count). The smallest absolute Gasteiger partial charge is 0.0704 e. The monoisotopic (exact) mass is 217 g/mol. The first-order chi connectivity index (χ1) is 7.42. The third-order valence-corrected chi connectivity index (χ3v) is 2.47. The predicted molar refractivity (Wildman–Crippen MR) is 66.1 cm³/mol. The molecule has 0 saturated carbocycles. The van der Waals surface area contributed by atoms with Gasteiger partial charge in [-0.15, -0.1) is 11.6 Å². The van der Waals surface area contributed by atoms with Gasteiger partial charge in [-0.25, -0.2) is 0 Å². The molecule has 0 amide bonds. The normalized spacial score (nSPS) is 11.3. The zero-order valence-corrected chi connectivity index (χ0v) is 9.11. The first kappa shape index (κ1) is 10.2. The summed E-state index contributed by atoms with van der Waals surface area (Å²) in [6.45, 7) is 0. The molecule has 1 heterocycles. The molecule has 0 bridgehead atoms. The van der Waals surface area contributed by atoms with Crippen molar-refractivity contribution in [2.24, 2.45) is 0 Å². The zero-order valence-electron chi connectivity index (χ0n) is 8.36. The summed E-state index contributed by atoms with van der Waals surface area (Å²) in [4.78, 5) is 4.35. The van der Waals surface area contributed by atoms with Crippen molar-refractivity contribution in [3.05, 3.63) is 48.3 Å². The number of hydrogen-bond donors (Lipinski definition) is 0. The summed E-state index contributed by atoms with van der Waals surface area (Å²) in [5, 5.41) is 2.41. The highest BCUT2D eigenvalue weighted by atomic mass is 35.5. The van der Waals surface area contributed by atoms with E-state index in [1.165, 1.54) is 10.8 Å². The van der Waals surface area contributed by atoms with Gasteiger partial charge in [0.2, 0.25) is 0 Å². The minimum absolute atomic E-state index is 0.654. The Bertz CT molecular complexity index is 471. The standard InChI is InChI=1S/C13H12ClN/c14-9-4-3-7-13-12-6-2-1-5-11(12)8-10-15-13/h1-3,5-8,10H,4,9H2. The Balaban J connectivity index is 2.42. The van der Waals surface area contributed by atoms with Crippen LogP contribution in [0.4, 0.5) is 0 Å². The summed E-state index contributed by atoms with van der Waals surface area (Å²) in [7, 11) is 0. The molecule has 0 unspecified atom stereocenters. The van der Waals surface area contributed by atoms with Gasteiger partial charge < -0.3 is 0 Å². The van der Waals surface area contributed by atoms with Crippen LogP contribution in [0.15, 0.2) is 42.6 Å². The van der Waals surface area contributed by atoms with Crippen molar-refractivity contribution in [2.45, 2.75) is 6.42 Å². The van der Waals surface area contributed by atoms with Crippen LogP contribution >= 0.6 is 11.6 Å². The molecule has 0 radical (unpaired) electrons. The van der Waals surface area contributed by atoms with Crippen LogP contribution < -0.4 is 0 Å². The van der Waals surface area contributed by atoms with Gasteiger partial charge in [-0.2, -0.15) is 0 Å². The fourth-order valence-corrected chi connectivity index (χ4v) is 1.66. The van der Waals surface area contributed by atoms with E-state index in [0.29, 0.717) is 5.88 Å². The van der Waals surface area contributed by atoms with Gasteiger partial charge in [0.25, 0.3) is 0 Å². The molecule has 0 aliphatic carbocycles. The molecule has 0 fully saturated rings. The van der Waals surface area contributed by atoms with Crippen molar-refractivity contribution in [3.8, 4) is 0 Å².